The molecule has 76 valence electrons. The van der Waals surface area contributed by atoms with Gasteiger partial charge in [-0.3, -0.25) is 0 Å². The molecule has 14 heavy (non-hydrogen) atoms. The summed E-state index contributed by atoms with van der Waals surface area (Å²) < 4.78 is 0. The van der Waals surface area contributed by atoms with Gasteiger partial charge in [0.15, 0.2) is 0 Å². The van der Waals surface area contributed by atoms with Crippen molar-refractivity contribution in [3.63, 3.8) is 0 Å². The van der Waals surface area contributed by atoms with E-state index in [9.17, 15) is 0 Å². The van der Waals surface area contributed by atoms with Crippen LogP contribution in [0.25, 0.3) is 0 Å². The summed E-state index contributed by atoms with van der Waals surface area (Å²) in [5, 5.41) is 3.22. The van der Waals surface area contributed by atoms with Gasteiger partial charge >= 0.3 is 0 Å². The van der Waals surface area contributed by atoms with Crippen molar-refractivity contribution in [2.75, 3.05) is 11.9 Å². The van der Waals surface area contributed by atoms with Crippen LogP contribution < -0.4 is 11.1 Å². The molecular formula is C10H15N3S. The van der Waals surface area contributed by atoms with E-state index in [1.165, 1.54) is 6.42 Å². The zero-order chi connectivity index (χ0) is 10.4. The molecule has 0 amide bonds. The molecule has 4 heteroatoms. The van der Waals surface area contributed by atoms with Crippen LogP contribution in [-0.4, -0.2) is 16.5 Å². The van der Waals surface area contributed by atoms with E-state index in [0.717, 1.165) is 24.3 Å². The van der Waals surface area contributed by atoms with E-state index >= 15 is 0 Å². The highest BCUT2D eigenvalue weighted by Crippen LogP contribution is 2.05. The van der Waals surface area contributed by atoms with Gasteiger partial charge in [-0.15, -0.1) is 0 Å². The van der Waals surface area contributed by atoms with Gasteiger partial charge in [0.1, 0.15) is 10.8 Å². The normalized spacial score (nSPS) is 9.79. The number of nitrogens with zero attached hydrogens (tertiary/aromatic N) is 1. The van der Waals surface area contributed by atoms with Crippen molar-refractivity contribution in [2.45, 2.75) is 19.8 Å². The third-order valence-electron chi connectivity index (χ3n) is 1.88. The zero-order valence-electron chi connectivity index (χ0n) is 8.29. The van der Waals surface area contributed by atoms with Crippen molar-refractivity contribution in [3.8, 4) is 0 Å². The first-order chi connectivity index (χ1) is 6.74. The molecule has 0 bridgehead atoms. The predicted molar refractivity (Wildman–Crippen MR) is 63.5 cm³/mol. The van der Waals surface area contributed by atoms with E-state index in [1.807, 2.05) is 12.1 Å². The molecule has 0 aliphatic carbocycles. The second kappa shape index (κ2) is 5.54. The van der Waals surface area contributed by atoms with E-state index in [4.69, 9.17) is 18.0 Å². The average molecular weight is 209 g/mol. The first kappa shape index (κ1) is 10.9. The van der Waals surface area contributed by atoms with Crippen LogP contribution >= 0.6 is 12.2 Å². The highest BCUT2D eigenvalue weighted by Gasteiger charge is 1.96. The van der Waals surface area contributed by atoms with Crippen LogP contribution in [0.5, 0.6) is 0 Å². The first-order valence-corrected chi connectivity index (χ1v) is 5.14. The summed E-state index contributed by atoms with van der Waals surface area (Å²) in [5.74, 6) is 0.874. The van der Waals surface area contributed by atoms with Crippen molar-refractivity contribution in [3.05, 3.63) is 23.9 Å². The highest BCUT2D eigenvalue weighted by molar-refractivity contribution is 7.80. The first-order valence-electron chi connectivity index (χ1n) is 4.73. The minimum atomic E-state index is 0.387. The van der Waals surface area contributed by atoms with Gasteiger partial charge in [-0.05, 0) is 18.6 Å². The van der Waals surface area contributed by atoms with Crippen LogP contribution in [0.1, 0.15) is 25.3 Å². The van der Waals surface area contributed by atoms with E-state index in [0.29, 0.717) is 4.99 Å². The number of nitrogens with two attached hydrogens (primary N) is 1. The molecule has 1 aromatic heterocycles. The Morgan fingerprint density at radius 2 is 2.36 bits per heavy atom. The average Bonchev–Trinajstić information content (AvgIpc) is 2.19. The molecule has 1 aromatic rings. The highest BCUT2D eigenvalue weighted by atomic mass is 32.1. The van der Waals surface area contributed by atoms with Crippen LogP contribution in [-0.2, 0) is 0 Å². The van der Waals surface area contributed by atoms with Gasteiger partial charge in [0.25, 0.3) is 0 Å². The number of pyridine rings is 1. The fourth-order valence-corrected chi connectivity index (χ4v) is 1.16. The van der Waals surface area contributed by atoms with Crippen molar-refractivity contribution in [1.82, 2.24) is 4.98 Å². The SMILES string of the molecule is CCCCNc1ccc(C(N)=S)cn1. The number of anilines is 1. The summed E-state index contributed by atoms with van der Waals surface area (Å²) in [6.45, 7) is 3.11. The Balaban J connectivity index is 2.51. The number of rotatable bonds is 5. The number of unbranched alkanes of at least 4 members (excludes halogenated alkanes) is 1. The lowest BCUT2D eigenvalue weighted by atomic mass is 10.3. The molecule has 0 unspecified atom stereocenters. The van der Waals surface area contributed by atoms with Crippen LogP contribution in [0.4, 0.5) is 5.82 Å². The summed E-state index contributed by atoms with van der Waals surface area (Å²) in [7, 11) is 0. The second-order valence-electron chi connectivity index (χ2n) is 3.08. The summed E-state index contributed by atoms with van der Waals surface area (Å²) >= 11 is 4.83. The van der Waals surface area contributed by atoms with Crippen molar-refractivity contribution >= 4 is 23.0 Å². The summed E-state index contributed by atoms with van der Waals surface area (Å²) in [6.07, 6.45) is 4.02. The topological polar surface area (TPSA) is 50.9 Å². The van der Waals surface area contributed by atoms with Gasteiger partial charge in [0.05, 0.1) is 0 Å². The van der Waals surface area contributed by atoms with E-state index in [2.05, 4.69) is 17.2 Å². The Morgan fingerprint density at radius 3 is 2.86 bits per heavy atom. The monoisotopic (exact) mass is 209 g/mol. The van der Waals surface area contributed by atoms with Gasteiger partial charge in [0.2, 0.25) is 0 Å². The molecule has 0 aliphatic heterocycles. The lowest BCUT2D eigenvalue weighted by molar-refractivity contribution is 0.831. The maximum atomic E-state index is 5.46. The van der Waals surface area contributed by atoms with E-state index in [1.54, 1.807) is 6.20 Å². The minimum absolute atomic E-state index is 0.387. The van der Waals surface area contributed by atoms with Crippen LogP contribution in [0.3, 0.4) is 0 Å². The second-order valence-corrected chi connectivity index (χ2v) is 3.52. The summed E-state index contributed by atoms with van der Waals surface area (Å²) in [4.78, 5) is 4.58. The number of hydrogen-bond donors (Lipinski definition) is 2. The lowest BCUT2D eigenvalue weighted by Crippen LogP contribution is -2.10. The van der Waals surface area contributed by atoms with E-state index in [-0.39, 0.29) is 0 Å². The van der Waals surface area contributed by atoms with E-state index < -0.39 is 0 Å². The minimum Gasteiger partial charge on any atom is -0.389 e. The third kappa shape index (κ3) is 3.30. The maximum absolute atomic E-state index is 5.46. The smallest absolute Gasteiger partial charge is 0.125 e. The molecule has 0 saturated carbocycles. The van der Waals surface area contributed by atoms with Gasteiger partial charge in [-0.1, -0.05) is 25.6 Å². The Labute approximate surface area is 89.7 Å². The van der Waals surface area contributed by atoms with Gasteiger partial charge in [0, 0.05) is 18.3 Å². The molecule has 0 fully saturated rings. The van der Waals surface area contributed by atoms with Crippen molar-refractivity contribution < 1.29 is 0 Å². The zero-order valence-corrected chi connectivity index (χ0v) is 9.10. The van der Waals surface area contributed by atoms with Crippen LogP contribution in [0.2, 0.25) is 0 Å². The number of aromatic nitrogens is 1. The third-order valence-corrected chi connectivity index (χ3v) is 2.12. The lowest BCUT2D eigenvalue weighted by Gasteiger charge is -2.04. The van der Waals surface area contributed by atoms with Gasteiger partial charge < -0.3 is 11.1 Å². The molecule has 0 aromatic carbocycles. The summed E-state index contributed by atoms with van der Waals surface area (Å²) in [6, 6.07) is 3.77. The Morgan fingerprint density at radius 1 is 1.57 bits per heavy atom. The molecule has 0 aliphatic rings. The molecule has 0 saturated heterocycles. The Bertz CT molecular complexity index is 295. The van der Waals surface area contributed by atoms with Crippen molar-refractivity contribution in [1.29, 1.82) is 0 Å². The number of hydrogen-bond acceptors (Lipinski definition) is 3. The van der Waals surface area contributed by atoms with Gasteiger partial charge in [-0.2, -0.15) is 0 Å². The molecule has 0 spiro atoms. The Hall–Kier alpha value is -1.16. The molecular weight excluding hydrogens is 194 g/mol. The number of nitrogens with one attached hydrogen (secondary N) is 1. The molecule has 3 nitrogen and oxygen atoms in total. The predicted octanol–water partition coefficient (Wildman–Crippen LogP) is 1.93. The number of thiocarbonyl (C=S) groups is 1. The summed E-state index contributed by atoms with van der Waals surface area (Å²) in [5.41, 5.74) is 6.26. The van der Waals surface area contributed by atoms with Gasteiger partial charge in [-0.25, -0.2) is 4.98 Å². The van der Waals surface area contributed by atoms with Crippen LogP contribution in [0.15, 0.2) is 18.3 Å². The molecule has 0 atom stereocenters. The standard InChI is InChI=1S/C10H15N3S/c1-2-3-6-12-9-5-4-8(7-13-9)10(11)14/h4-5,7H,2-3,6H2,1H3,(H2,11,14)(H,12,13). The molecule has 1 heterocycles. The van der Waals surface area contributed by atoms with Crippen molar-refractivity contribution in [2.24, 2.45) is 5.73 Å². The molecule has 1 rings (SSSR count). The maximum Gasteiger partial charge on any atom is 0.125 e. The fourth-order valence-electron chi connectivity index (χ4n) is 1.04. The van der Waals surface area contributed by atoms with Crippen LogP contribution in [0, 0.1) is 0 Å². The largest absolute Gasteiger partial charge is 0.389 e. The molecule has 0 radical (unpaired) electrons. The Kier molecular flexibility index (Phi) is 4.32. The molecule has 3 N–H and O–H groups in total. The quantitative estimate of drug-likeness (QED) is 0.574. The fraction of sp³-hybridized carbons (Fsp3) is 0.400.